The highest BCUT2D eigenvalue weighted by Gasteiger charge is 2.37. The van der Waals surface area contributed by atoms with Crippen LogP contribution < -0.4 is 18.9 Å². The molecule has 0 heterocycles. The van der Waals surface area contributed by atoms with Crippen molar-refractivity contribution in [2.45, 2.75) is 18.8 Å². The highest BCUT2D eigenvalue weighted by molar-refractivity contribution is 5.80. The third-order valence-electron chi connectivity index (χ3n) is 4.89. The highest BCUT2D eigenvalue weighted by atomic mass is 16.6. The minimum atomic E-state index is -0.955. The van der Waals surface area contributed by atoms with Crippen LogP contribution in [0, 0.1) is 10.1 Å². The number of nitro groups is 1. The molecule has 0 aliphatic carbocycles. The lowest BCUT2D eigenvalue weighted by Crippen LogP contribution is -2.28. The van der Waals surface area contributed by atoms with E-state index in [2.05, 4.69) is 0 Å². The second-order valence-corrected chi connectivity index (χ2v) is 6.58. The predicted octanol–water partition coefficient (Wildman–Crippen LogP) is 3.43. The lowest BCUT2D eigenvalue weighted by molar-refractivity contribution is -0.483. The van der Waals surface area contributed by atoms with Crippen LogP contribution >= 0.6 is 0 Å². The van der Waals surface area contributed by atoms with E-state index in [1.54, 1.807) is 43.3 Å². The van der Waals surface area contributed by atoms with Gasteiger partial charge in [0.1, 0.15) is 0 Å². The maximum atomic E-state index is 13.0. The van der Waals surface area contributed by atoms with Crippen molar-refractivity contribution < 1.29 is 33.4 Å². The van der Waals surface area contributed by atoms with Crippen LogP contribution in [-0.4, -0.2) is 52.5 Å². The van der Waals surface area contributed by atoms with E-state index in [0.717, 1.165) is 0 Å². The largest absolute Gasteiger partial charge is 0.493 e. The number of esters is 1. The minimum Gasteiger partial charge on any atom is -0.493 e. The molecule has 0 saturated carbocycles. The summed E-state index contributed by atoms with van der Waals surface area (Å²) in [5, 5.41) is 11.6. The van der Waals surface area contributed by atoms with Crippen molar-refractivity contribution in [3.05, 3.63) is 57.6 Å². The fraction of sp³-hybridized carbons (Fsp3) is 0.409. The molecule has 9 heteroatoms. The number of methoxy groups -OCH3 is 4. The van der Waals surface area contributed by atoms with Gasteiger partial charge < -0.3 is 23.7 Å². The van der Waals surface area contributed by atoms with E-state index in [1.807, 2.05) is 0 Å². The number of hydrogen-bond donors (Lipinski definition) is 0. The van der Waals surface area contributed by atoms with Gasteiger partial charge in [-0.3, -0.25) is 14.9 Å². The van der Waals surface area contributed by atoms with E-state index >= 15 is 0 Å². The molecule has 168 valence electrons. The van der Waals surface area contributed by atoms with Gasteiger partial charge in [0.15, 0.2) is 23.0 Å². The number of carbonyl (C=O) groups excluding carboxylic acids is 1. The van der Waals surface area contributed by atoms with E-state index in [4.69, 9.17) is 23.7 Å². The molecule has 0 saturated heterocycles. The maximum absolute atomic E-state index is 13.0. The summed E-state index contributed by atoms with van der Waals surface area (Å²) in [6.45, 7) is 1.33. The number of nitrogens with zero attached hydrogens (tertiary/aromatic N) is 1. The Morgan fingerprint density at radius 3 is 1.81 bits per heavy atom. The molecule has 0 radical (unpaired) electrons. The van der Waals surface area contributed by atoms with Crippen molar-refractivity contribution in [2.75, 3.05) is 41.6 Å². The Morgan fingerprint density at radius 1 is 0.871 bits per heavy atom. The number of ether oxygens (including phenoxy) is 5. The monoisotopic (exact) mass is 433 g/mol. The lowest BCUT2D eigenvalue weighted by Gasteiger charge is -2.25. The Hall–Kier alpha value is -3.49. The molecule has 2 rings (SSSR count). The van der Waals surface area contributed by atoms with Crippen LogP contribution in [-0.2, 0) is 9.53 Å². The van der Waals surface area contributed by atoms with Crippen LogP contribution in [0.15, 0.2) is 36.4 Å². The summed E-state index contributed by atoms with van der Waals surface area (Å²) >= 11 is 0. The number of rotatable bonds is 11. The molecule has 9 nitrogen and oxygen atoms in total. The highest BCUT2D eigenvalue weighted by Crippen LogP contribution is 2.40. The van der Waals surface area contributed by atoms with E-state index in [0.29, 0.717) is 34.1 Å². The number of carbonyl (C=O) groups is 1. The van der Waals surface area contributed by atoms with Gasteiger partial charge in [0, 0.05) is 4.92 Å². The molecule has 0 spiro atoms. The molecule has 31 heavy (non-hydrogen) atoms. The van der Waals surface area contributed by atoms with Crippen molar-refractivity contribution >= 4 is 5.97 Å². The Balaban J connectivity index is 2.66. The zero-order chi connectivity index (χ0) is 23.0. The van der Waals surface area contributed by atoms with Gasteiger partial charge in [-0.1, -0.05) is 12.1 Å². The van der Waals surface area contributed by atoms with Crippen LogP contribution in [0.3, 0.4) is 0 Å². The average molecular weight is 433 g/mol. The van der Waals surface area contributed by atoms with Gasteiger partial charge in [-0.2, -0.15) is 0 Å². The molecule has 0 aromatic heterocycles. The van der Waals surface area contributed by atoms with Crippen molar-refractivity contribution in [3.8, 4) is 23.0 Å². The molecule has 0 bridgehead atoms. The van der Waals surface area contributed by atoms with Crippen molar-refractivity contribution in [1.29, 1.82) is 0 Å². The van der Waals surface area contributed by atoms with Crippen LogP contribution in [0.2, 0.25) is 0 Å². The van der Waals surface area contributed by atoms with Gasteiger partial charge in [0.2, 0.25) is 6.54 Å². The van der Waals surface area contributed by atoms with Gasteiger partial charge >= 0.3 is 5.97 Å². The zero-order valence-electron chi connectivity index (χ0n) is 18.2. The molecule has 0 N–H and O–H groups in total. The van der Waals surface area contributed by atoms with E-state index in [1.165, 1.54) is 28.4 Å². The Morgan fingerprint density at radius 2 is 1.35 bits per heavy atom. The normalized spacial score (nSPS) is 12.4. The van der Waals surface area contributed by atoms with E-state index in [-0.39, 0.29) is 6.61 Å². The van der Waals surface area contributed by atoms with Gasteiger partial charge in [-0.05, 0) is 42.3 Å². The Labute approximate surface area is 181 Å². The van der Waals surface area contributed by atoms with Crippen LogP contribution in [0.4, 0.5) is 0 Å². The number of benzene rings is 2. The second-order valence-electron chi connectivity index (χ2n) is 6.58. The molecule has 0 aliphatic rings. The molecule has 0 aliphatic heterocycles. The molecule has 2 aromatic carbocycles. The van der Waals surface area contributed by atoms with Crippen LogP contribution in [0.25, 0.3) is 0 Å². The Kier molecular flexibility index (Phi) is 8.48. The van der Waals surface area contributed by atoms with Crippen molar-refractivity contribution in [3.63, 3.8) is 0 Å². The summed E-state index contributed by atoms with van der Waals surface area (Å²) in [4.78, 5) is 24.1. The molecular weight excluding hydrogens is 406 g/mol. The molecule has 2 atom stereocenters. The molecule has 0 fully saturated rings. The SMILES string of the molecule is CCOC(=O)[C@@H](c1ccc(OC)c(OC)c1)[C@H](C[N+](=O)[O-])c1ccc(OC)c(OC)c1. The van der Waals surface area contributed by atoms with Crippen LogP contribution in [0.1, 0.15) is 29.9 Å². The minimum absolute atomic E-state index is 0.139. The lowest BCUT2D eigenvalue weighted by atomic mass is 9.81. The summed E-state index contributed by atoms with van der Waals surface area (Å²) < 4.78 is 26.5. The van der Waals surface area contributed by atoms with Gasteiger partial charge in [0.25, 0.3) is 0 Å². The third-order valence-corrected chi connectivity index (χ3v) is 4.89. The smallest absolute Gasteiger partial charge is 0.314 e. The fourth-order valence-electron chi connectivity index (χ4n) is 3.46. The third kappa shape index (κ3) is 5.56. The second kappa shape index (κ2) is 11.1. The van der Waals surface area contributed by atoms with Gasteiger partial charge in [-0.25, -0.2) is 0 Å². The zero-order valence-corrected chi connectivity index (χ0v) is 18.2. The Bertz CT molecular complexity index is 914. The van der Waals surface area contributed by atoms with Crippen molar-refractivity contribution in [1.82, 2.24) is 0 Å². The first-order valence-electron chi connectivity index (χ1n) is 9.62. The average Bonchev–Trinajstić information content (AvgIpc) is 2.77. The van der Waals surface area contributed by atoms with Gasteiger partial charge in [-0.15, -0.1) is 0 Å². The summed E-state index contributed by atoms with van der Waals surface area (Å²) in [6, 6.07) is 9.93. The first-order chi connectivity index (χ1) is 14.9. The molecule has 0 unspecified atom stereocenters. The maximum Gasteiger partial charge on any atom is 0.314 e. The van der Waals surface area contributed by atoms with Crippen molar-refractivity contribution in [2.24, 2.45) is 0 Å². The first kappa shape index (κ1) is 23.8. The molecule has 2 aromatic rings. The standard InChI is InChI=1S/C22H27NO8/c1-6-31-22(24)21(15-8-10-18(28-3)20(12-15)30-5)16(13-23(25)26)14-7-9-17(27-2)19(11-14)29-4/h7-12,16,21H,6,13H2,1-5H3/t16-,21+/m1/s1. The molecule has 0 amide bonds. The summed E-state index contributed by atoms with van der Waals surface area (Å²) in [5.74, 6) is -0.591. The summed E-state index contributed by atoms with van der Waals surface area (Å²) in [7, 11) is 5.95. The quantitative estimate of drug-likeness (QED) is 0.301. The summed E-state index contributed by atoms with van der Waals surface area (Å²) in [5.41, 5.74) is 1.06. The predicted molar refractivity (Wildman–Crippen MR) is 113 cm³/mol. The summed E-state index contributed by atoms with van der Waals surface area (Å²) in [6.07, 6.45) is 0. The van der Waals surface area contributed by atoms with Gasteiger partial charge in [0.05, 0.1) is 46.9 Å². The van der Waals surface area contributed by atoms with E-state index < -0.39 is 29.3 Å². The fourth-order valence-corrected chi connectivity index (χ4v) is 3.46. The molecular formula is C22H27NO8. The number of hydrogen-bond acceptors (Lipinski definition) is 8. The topological polar surface area (TPSA) is 106 Å². The van der Waals surface area contributed by atoms with E-state index in [9.17, 15) is 14.9 Å². The first-order valence-corrected chi connectivity index (χ1v) is 9.62. The van der Waals surface area contributed by atoms with Crippen LogP contribution in [0.5, 0.6) is 23.0 Å².